The molecule has 1 N–H and O–H groups in total. The van der Waals surface area contributed by atoms with Gasteiger partial charge in [-0.25, -0.2) is 8.42 Å². The number of sulfone groups is 1. The number of rotatable bonds is 8. The summed E-state index contributed by atoms with van der Waals surface area (Å²) >= 11 is 0. The highest BCUT2D eigenvalue weighted by molar-refractivity contribution is 7.91. The number of hydrogen-bond donors (Lipinski definition) is 1. The van der Waals surface area contributed by atoms with Crippen LogP contribution in [0, 0.1) is 5.92 Å². The summed E-state index contributed by atoms with van der Waals surface area (Å²) in [7, 11) is -2.80. The third-order valence-corrected chi connectivity index (χ3v) is 5.42. The van der Waals surface area contributed by atoms with E-state index < -0.39 is 9.84 Å². The van der Waals surface area contributed by atoms with Gasteiger partial charge in [-0.1, -0.05) is 39.0 Å². The van der Waals surface area contributed by atoms with Gasteiger partial charge in [-0.05, 0) is 25.3 Å². The second-order valence-electron chi connectivity index (χ2n) is 5.19. The van der Waals surface area contributed by atoms with Crippen LogP contribution >= 0.6 is 0 Å². The lowest BCUT2D eigenvalue weighted by Gasteiger charge is -2.21. The largest absolute Gasteiger partial charge is 0.316 e. The molecule has 1 rings (SSSR count). The maximum atomic E-state index is 11.5. The predicted molar refractivity (Wildman–Crippen MR) is 73.0 cm³/mol. The van der Waals surface area contributed by atoms with Crippen LogP contribution in [0.3, 0.4) is 0 Å². The van der Waals surface area contributed by atoms with Gasteiger partial charge in [0.2, 0.25) is 0 Å². The maximum Gasteiger partial charge on any atom is 0.151 e. The molecule has 1 saturated carbocycles. The Bertz CT molecular complexity index is 282. The second-order valence-corrected chi connectivity index (χ2v) is 7.50. The Morgan fingerprint density at radius 3 is 2.41 bits per heavy atom. The van der Waals surface area contributed by atoms with E-state index in [1.165, 1.54) is 38.5 Å². The standard InChI is InChI=1S/C13H27NO2S/c1-2-11-17(15,16)12-10-14-9-8-13-6-4-3-5-7-13/h13-14H,2-12H2,1H3. The first kappa shape index (κ1) is 15.0. The van der Waals surface area contributed by atoms with Crippen LogP contribution in [0.4, 0.5) is 0 Å². The predicted octanol–water partition coefficient (Wildman–Crippen LogP) is 2.37. The highest BCUT2D eigenvalue weighted by Crippen LogP contribution is 2.25. The van der Waals surface area contributed by atoms with Crippen LogP contribution in [0.5, 0.6) is 0 Å². The molecule has 1 aliphatic carbocycles. The van der Waals surface area contributed by atoms with Crippen molar-refractivity contribution < 1.29 is 8.42 Å². The first-order valence-electron chi connectivity index (χ1n) is 7.05. The Balaban J connectivity index is 2.00. The van der Waals surface area contributed by atoms with E-state index in [9.17, 15) is 8.42 Å². The molecule has 17 heavy (non-hydrogen) atoms. The van der Waals surface area contributed by atoms with E-state index in [1.807, 2.05) is 6.92 Å². The Morgan fingerprint density at radius 1 is 1.06 bits per heavy atom. The van der Waals surface area contributed by atoms with Gasteiger partial charge in [0.1, 0.15) is 0 Å². The van der Waals surface area contributed by atoms with Crippen LogP contribution in [0.25, 0.3) is 0 Å². The van der Waals surface area contributed by atoms with E-state index in [0.717, 1.165) is 18.9 Å². The summed E-state index contributed by atoms with van der Waals surface area (Å²) < 4.78 is 22.9. The Labute approximate surface area is 106 Å². The third-order valence-electron chi connectivity index (χ3n) is 3.56. The zero-order chi connectivity index (χ0) is 12.6. The molecular formula is C13H27NO2S. The minimum absolute atomic E-state index is 0.297. The Kier molecular flexibility index (Phi) is 7.12. The van der Waals surface area contributed by atoms with Crippen molar-refractivity contribution in [3.63, 3.8) is 0 Å². The van der Waals surface area contributed by atoms with Gasteiger partial charge in [0.05, 0.1) is 5.75 Å². The smallest absolute Gasteiger partial charge is 0.151 e. The molecule has 0 atom stereocenters. The van der Waals surface area contributed by atoms with Crippen LogP contribution in [-0.2, 0) is 9.84 Å². The van der Waals surface area contributed by atoms with Gasteiger partial charge in [-0.15, -0.1) is 0 Å². The normalized spacial score (nSPS) is 18.4. The zero-order valence-electron chi connectivity index (χ0n) is 11.1. The summed E-state index contributed by atoms with van der Waals surface area (Å²) in [5.41, 5.74) is 0. The second kappa shape index (κ2) is 8.09. The molecule has 102 valence electrons. The van der Waals surface area contributed by atoms with Gasteiger partial charge in [0, 0.05) is 12.3 Å². The van der Waals surface area contributed by atoms with Crippen molar-refractivity contribution in [2.45, 2.75) is 51.9 Å². The number of nitrogens with one attached hydrogen (secondary N) is 1. The monoisotopic (exact) mass is 261 g/mol. The van der Waals surface area contributed by atoms with Crippen LogP contribution in [0.1, 0.15) is 51.9 Å². The summed E-state index contributed by atoms with van der Waals surface area (Å²) in [5.74, 6) is 1.51. The first-order valence-corrected chi connectivity index (χ1v) is 8.87. The molecule has 0 amide bonds. The maximum absolute atomic E-state index is 11.5. The Hall–Kier alpha value is -0.0900. The molecule has 0 bridgehead atoms. The molecule has 0 radical (unpaired) electrons. The molecule has 1 aliphatic rings. The van der Waals surface area contributed by atoms with Crippen molar-refractivity contribution in [2.24, 2.45) is 5.92 Å². The number of hydrogen-bond acceptors (Lipinski definition) is 3. The zero-order valence-corrected chi connectivity index (χ0v) is 11.9. The lowest BCUT2D eigenvalue weighted by Crippen LogP contribution is -2.26. The molecule has 0 aromatic carbocycles. The molecule has 0 unspecified atom stereocenters. The molecule has 0 spiro atoms. The fourth-order valence-corrected chi connectivity index (χ4v) is 3.83. The lowest BCUT2D eigenvalue weighted by atomic mass is 9.87. The lowest BCUT2D eigenvalue weighted by molar-refractivity contribution is 0.335. The van der Waals surface area contributed by atoms with Crippen molar-refractivity contribution in [3.05, 3.63) is 0 Å². The van der Waals surface area contributed by atoms with Crippen molar-refractivity contribution >= 4 is 9.84 Å². The molecule has 0 aromatic heterocycles. The van der Waals surface area contributed by atoms with E-state index >= 15 is 0 Å². The van der Waals surface area contributed by atoms with Gasteiger partial charge in [0.15, 0.2) is 9.84 Å². The Morgan fingerprint density at radius 2 is 1.76 bits per heavy atom. The molecule has 0 aliphatic heterocycles. The minimum Gasteiger partial charge on any atom is -0.316 e. The molecule has 1 fully saturated rings. The highest BCUT2D eigenvalue weighted by Gasteiger charge is 2.13. The van der Waals surface area contributed by atoms with Crippen molar-refractivity contribution in [1.82, 2.24) is 5.32 Å². The van der Waals surface area contributed by atoms with Crippen LogP contribution in [0.2, 0.25) is 0 Å². The quantitative estimate of drug-likeness (QED) is 0.682. The fraction of sp³-hybridized carbons (Fsp3) is 1.00. The fourth-order valence-electron chi connectivity index (χ4n) is 2.55. The molecule has 3 nitrogen and oxygen atoms in total. The molecular weight excluding hydrogens is 234 g/mol. The third kappa shape index (κ3) is 7.04. The van der Waals surface area contributed by atoms with Gasteiger partial charge in [-0.3, -0.25) is 0 Å². The van der Waals surface area contributed by atoms with Gasteiger partial charge >= 0.3 is 0 Å². The van der Waals surface area contributed by atoms with E-state index in [0.29, 0.717) is 18.1 Å². The van der Waals surface area contributed by atoms with E-state index in [4.69, 9.17) is 0 Å². The average molecular weight is 261 g/mol. The van der Waals surface area contributed by atoms with E-state index in [1.54, 1.807) is 0 Å². The van der Waals surface area contributed by atoms with Gasteiger partial charge in [-0.2, -0.15) is 0 Å². The van der Waals surface area contributed by atoms with Gasteiger partial charge < -0.3 is 5.32 Å². The molecule has 0 saturated heterocycles. The SMILES string of the molecule is CCCS(=O)(=O)CCNCCC1CCCCC1. The topological polar surface area (TPSA) is 46.2 Å². The van der Waals surface area contributed by atoms with Crippen molar-refractivity contribution in [3.8, 4) is 0 Å². The molecule has 0 aromatic rings. The van der Waals surface area contributed by atoms with Gasteiger partial charge in [0.25, 0.3) is 0 Å². The van der Waals surface area contributed by atoms with E-state index in [2.05, 4.69) is 5.32 Å². The summed E-state index contributed by atoms with van der Waals surface area (Å²) in [6, 6.07) is 0. The summed E-state index contributed by atoms with van der Waals surface area (Å²) in [6.07, 6.45) is 8.86. The van der Waals surface area contributed by atoms with Crippen molar-refractivity contribution in [2.75, 3.05) is 24.6 Å². The molecule has 0 heterocycles. The summed E-state index contributed by atoms with van der Waals surface area (Å²) in [6.45, 7) is 3.51. The summed E-state index contributed by atoms with van der Waals surface area (Å²) in [5, 5.41) is 3.27. The average Bonchev–Trinajstić information content (AvgIpc) is 2.30. The molecule has 4 heteroatoms. The van der Waals surface area contributed by atoms with Crippen molar-refractivity contribution in [1.29, 1.82) is 0 Å². The minimum atomic E-state index is -2.80. The summed E-state index contributed by atoms with van der Waals surface area (Å²) in [4.78, 5) is 0. The first-order chi connectivity index (χ1) is 8.14. The van der Waals surface area contributed by atoms with Crippen LogP contribution < -0.4 is 5.32 Å². The van der Waals surface area contributed by atoms with Crippen LogP contribution in [0.15, 0.2) is 0 Å². The van der Waals surface area contributed by atoms with Crippen LogP contribution in [-0.4, -0.2) is 33.0 Å². The highest BCUT2D eigenvalue weighted by atomic mass is 32.2. The van der Waals surface area contributed by atoms with E-state index in [-0.39, 0.29) is 0 Å².